The van der Waals surface area contributed by atoms with E-state index < -0.39 is 5.97 Å². The number of methoxy groups -OCH3 is 1. The van der Waals surface area contributed by atoms with Gasteiger partial charge in [0.2, 0.25) is 5.91 Å². The number of carbonyl (C=O) groups excluding carboxylic acids is 2. The molecule has 0 saturated carbocycles. The second kappa shape index (κ2) is 10.6. The summed E-state index contributed by atoms with van der Waals surface area (Å²) in [7, 11) is 1.33. The van der Waals surface area contributed by atoms with E-state index in [2.05, 4.69) is 15.0 Å². The molecule has 7 heteroatoms. The van der Waals surface area contributed by atoms with Crippen molar-refractivity contribution in [3.8, 4) is 11.3 Å². The van der Waals surface area contributed by atoms with Crippen molar-refractivity contribution in [2.24, 2.45) is 0 Å². The van der Waals surface area contributed by atoms with Gasteiger partial charge < -0.3 is 10.1 Å². The number of nitrogens with one attached hydrogen (secondary N) is 1. The number of anilines is 1. The zero-order valence-electron chi connectivity index (χ0n) is 16.2. The third-order valence-electron chi connectivity index (χ3n) is 4.05. The van der Waals surface area contributed by atoms with Gasteiger partial charge in [-0.1, -0.05) is 29.8 Å². The molecule has 1 amide bonds. The Bertz CT molecular complexity index is 1050. The lowest BCUT2D eigenvalue weighted by Gasteiger charge is -2.09. The number of rotatable bonds is 7. The molecule has 0 aliphatic rings. The summed E-state index contributed by atoms with van der Waals surface area (Å²) in [6, 6.07) is 18.5. The van der Waals surface area contributed by atoms with E-state index >= 15 is 0 Å². The van der Waals surface area contributed by atoms with Crippen molar-refractivity contribution in [3.63, 3.8) is 0 Å². The second-order valence-electron chi connectivity index (χ2n) is 6.17. The van der Waals surface area contributed by atoms with Crippen LogP contribution in [0.1, 0.15) is 5.56 Å². The maximum absolute atomic E-state index is 12.4. The summed E-state index contributed by atoms with van der Waals surface area (Å²) in [5.74, 6) is -0.263. The summed E-state index contributed by atoms with van der Waals surface area (Å²) in [6.07, 6.45) is 4.73. The van der Waals surface area contributed by atoms with E-state index in [1.54, 1.807) is 24.4 Å². The van der Waals surface area contributed by atoms with Crippen molar-refractivity contribution < 1.29 is 14.3 Å². The number of aromatic nitrogens is 1. The molecule has 1 aromatic heterocycles. The van der Waals surface area contributed by atoms with E-state index in [0.717, 1.165) is 21.7 Å². The average molecular weight is 439 g/mol. The van der Waals surface area contributed by atoms with Crippen molar-refractivity contribution >= 4 is 47.0 Å². The molecule has 2 aromatic carbocycles. The van der Waals surface area contributed by atoms with Crippen LogP contribution in [0.15, 0.2) is 77.8 Å². The van der Waals surface area contributed by atoms with Crippen LogP contribution in [0.2, 0.25) is 5.02 Å². The van der Waals surface area contributed by atoms with Crippen LogP contribution < -0.4 is 5.32 Å². The number of hydrogen-bond acceptors (Lipinski definition) is 5. The van der Waals surface area contributed by atoms with Gasteiger partial charge in [0, 0.05) is 28.4 Å². The third-order valence-corrected chi connectivity index (χ3v) is 5.40. The number of benzene rings is 2. The van der Waals surface area contributed by atoms with Gasteiger partial charge in [-0.3, -0.25) is 9.78 Å². The molecule has 0 atom stereocenters. The van der Waals surface area contributed by atoms with Crippen LogP contribution in [0.3, 0.4) is 0 Å². The predicted octanol–water partition coefficient (Wildman–Crippen LogP) is 5.32. The van der Waals surface area contributed by atoms with Gasteiger partial charge in [-0.2, -0.15) is 0 Å². The van der Waals surface area contributed by atoms with Crippen LogP contribution in [0.5, 0.6) is 0 Å². The Morgan fingerprint density at radius 1 is 1.13 bits per heavy atom. The number of halogens is 1. The fourth-order valence-electron chi connectivity index (χ4n) is 2.57. The molecule has 1 N–H and O–H groups in total. The summed E-state index contributed by atoms with van der Waals surface area (Å²) < 4.78 is 4.56. The Morgan fingerprint density at radius 3 is 2.63 bits per heavy atom. The van der Waals surface area contributed by atoms with E-state index in [1.807, 2.05) is 48.5 Å². The molecule has 3 rings (SSSR count). The van der Waals surface area contributed by atoms with Crippen LogP contribution in [0.4, 0.5) is 5.69 Å². The summed E-state index contributed by atoms with van der Waals surface area (Å²) >= 11 is 7.70. The first-order valence-electron chi connectivity index (χ1n) is 9.05. The highest BCUT2D eigenvalue weighted by atomic mass is 35.5. The molecule has 5 nitrogen and oxygen atoms in total. The fourth-order valence-corrected chi connectivity index (χ4v) is 3.49. The van der Waals surface area contributed by atoms with Crippen molar-refractivity contribution in [2.75, 3.05) is 18.2 Å². The Balaban J connectivity index is 1.57. The monoisotopic (exact) mass is 438 g/mol. The number of thioether (sulfide) groups is 1. The number of hydrogen-bond donors (Lipinski definition) is 1. The lowest BCUT2D eigenvalue weighted by molar-refractivity contribution is -0.134. The highest BCUT2D eigenvalue weighted by molar-refractivity contribution is 8.00. The number of ether oxygens (including phenoxy) is 1. The maximum Gasteiger partial charge on any atom is 0.330 e. The van der Waals surface area contributed by atoms with Gasteiger partial charge in [-0.15, -0.1) is 11.8 Å². The van der Waals surface area contributed by atoms with E-state index in [4.69, 9.17) is 11.6 Å². The number of pyridine rings is 1. The minimum Gasteiger partial charge on any atom is -0.466 e. The standard InChI is InChI=1S/C23H19ClN2O3S/c1-29-23(28)12-7-16-5-9-18(10-6-16)30-15-22(27)26-17-8-11-20(24)19(14-17)21-4-2-3-13-25-21/h2-14H,15H2,1H3,(H,26,27)/b12-7+. The zero-order valence-corrected chi connectivity index (χ0v) is 17.7. The van der Waals surface area contributed by atoms with Crippen LogP contribution in [-0.2, 0) is 14.3 Å². The minimum absolute atomic E-state index is 0.121. The number of nitrogens with zero attached hydrogens (tertiary/aromatic N) is 1. The molecule has 0 aliphatic carbocycles. The SMILES string of the molecule is COC(=O)/C=C/c1ccc(SCC(=O)Nc2ccc(Cl)c(-c3ccccn3)c2)cc1. The van der Waals surface area contributed by atoms with Gasteiger partial charge >= 0.3 is 5.97 Å². The number of carbonyl (C=O) groups is 2. The van der Waals surface area contributed by atoms with E-state index in [1.165, 1.54) is 24.9 Å². The summed E-state index contributed by atoms with van der Waals surface area (Å²) in [5.41, 5.74) is 3.04. The highest BCUT2D eigenvalue weighted by Crippen LogP contribution is 2.29. The number of esters is 1. The van der Waals surface area contributed by atoms with Crippen LogP contribution in [-0.4, -0.2) is 29.7 Å². The highest BCUT2D eigenvalue weighted by Gasteiger charge is 2.09. The van der Waals surface area contributed by atoms with Crippen LogP contribution in [0.25, 0.3) is 17.3 Å². The van der Waals surface area contributed by atoms with Gasteiger partial charge in [0.05, 0.1) is 23.6 Å². The minimum atomic E-state index is -0.404. The van der Waals surface area contributed by atoms with Gasteiger partial charge in [0.25, 0.3) is 0 Å². The first kappa shape index (κ1) is 21.6. The molecule has 0 unspecified atom stereocenters. The molecule has 0 aliphatic heterocycles. The quantitative estimate of drug-likeness (QED) is 0.307. The molecule has 0 bridgehead atoms. The van der Waals surface area contributed by atoms with Crippen molar-refractivity contribution in [1.82, 2.24) is 4.98 Å². The molecule has 30 heavy (non-hydrogen) atoms. The van der Waals surface area contributed by atoms with Crippen molar-refractivity contribution in [2.45, 2.75) is 4.90 Å². The zero-order chi connectivity index (χ0) is 21.3. The van der Waals surface area contributed by atoms with Gasteiger partial charge in [-0.25, -0.2) is 4.79 Å². The summed E-state index contributed by atoms with van der Waals surface area (Å²) in [5, 5.41) is 3.46. The topological polar surface area (TPSA) is 68.3 Å². The van der Waals surface area contributed by atoms with Crippen molar-refractivity contribution in [3.05, 3.63) is 83.5 Å². The summed E-state index contributed by atoms with van der Waals surface area (Å²) in [4.78, 5) is 28.7. The Labute approximate surface area is 184 Å². The predicted molar refractivity (Wildman–Crippen MR) is 122 cm³/mol. The van der Waals surface area contributed by atoms with Crippen molar-refractivity contribution in [1.29, 1.82) is 0 Å². The Kier molecular flexibility index (Phi) is 7.65. The van der Waals surface area contributed by atoms with Gasteiger partial charge in [-0.05, 0) is 54.1 Å². The lowest BCUT2D eigenvalue weighted by Crippen LogP contribution is -2.14. The molecule has 152 valence electrons. The normalized spacial score (nSPS) is 10.7. The first-order chi connectivity index (χ1) is 14.5. The average Bonchev–Trinajstić information content (AvgIpc) is 2.78. The van der Waals surface area contributed by atoms with Gasteiger partial charge in [0.15, 0.2) is 0 Å². The molecule has 0 fully saturated rings. The van der Waals surface area contributed by atoms with E-state index in [9.17, 15) is 9.59 Å². The molecule has 3 aromatic rings. The molecule has 0 spiro atoms. The third kappa shape index (κ3) is 6.20. The summed E-state index contributed by atoms with van der Waals surface area (Å²) in [6.45, 7) is 0. The molecule has 1 heterocycles. The van der Waals surface area contributed by atoms with E-state index in [-0.39, 0.29) is 11.7 Å². The fraction of sp³-hybridized carbons (Fsp3) is 0.0870. The smallest absolute Gasteiger partial charge is 0.330 e. The maximum atomic E-state index is 12.4. The number of amides is 1. The van der Waals surface area contributed by atoms with Crippen LogP contribution in [0, 0.1) is 0 Å². The van der Waals surface area contributed by atoms with Gasteiger partial charge in [0.1, 0.15) is 0 Å². The largest absolute Gasteiger partial charge is 0.466 e. The van der Waals surface area contributed by atoms with Crippen LogP contribution >= 0.6 is 23.4 Å². The van der Waals surface area contributed by atoms with E-state index in [0.29, 0.717) is 10.7 Å². The second-order valence-corrected chi connectivity index (χ2v) is 7.63. The molecular weight excluding hydrogens is 420 g/mol. The first-order valence-corrected chi connectivity index (χ1v) is 10.4. The molecular formula is C23H19ClN2O3S. The molecule has 0 saturated heterocycles. The lowest BCUT2D eigenvalue weighted by atomic mass is 10.1. The Hall–Kier alpha value is -3.09. The Morgan fingerprint density at radius 2 is 1.93 bits per heavy atom. The molecule has 0 radical (unpaired) electrons.